The lowest BCUT2D eigenvalue weighted by Crippen LogP contribution is -1.98. The van der Waals surface area contributed by atoms with Crippen molar-refractivity contribution in [2.45, 2.75) is 6.61 Å². The van der Waals surface area contributed by atoms with E-state index in [0.29, 0.717) is 5.56 Å². The van der Waals surface area contributed by atoms with Crippen LogP contribution in [-0.4, -0.2) is 17.0 Å². The summed E-state index contributed by atoms with van der Waals surface area (Å²) < 4.78 is 4.99. The van der Waals surface area contributed by atoms with Crippen LogP contribution >= 0.6 is 0 Å². The molecule has 0 radical (unpaired) electrons. The molecule has 0 bridgehead atoms. The summed E-state index contributed by atoms with van der Waals surface area (Å²) in [5.74, 6) is 0. The number of rotatable bonds is 3. The van der Waals surface area contributed by atoms with E-state index in [2.05, 4.69) is 4.98 Å². The molecule has 0 aliphatic heterocycles. The number of aromatic nitrogens is 1. The van der Waals surface area contributed by atoms with E-state index in [4.69, 9.17) is 4.74 Å². The molecule has 0 amide bonds. The van der Waals surface area contributed by atoms with Crippen molar-refractivity contribution in [3.8, 4) is 0 Å². The molecule has 1 aromatic carbocycles. The van der Waals surface area contributed by atoms with E-state index in [1.165, 1.54) is 13.2 Å². The molecule has 5 nitrogen and oxygen atoms in total. The van der Waals surface area contributed by atoms with Gasteiger partial charge in [-0.1, -0.05) is 6.07 Å². The quantitative estimate of drug-likeness (QED) is 0.585. The van der Waals surface area contributed by atoms with Crippen LogP contribution in [0.5, 0.6) is 0 Å². The highest BCUT2D eigenvalue weighted by atomic mass is 16.6. The van der Waals surface area contributed by atoms with Crippen LogP contribution < -0.4 is 0 Å². The highest BCUT2D eigenvalue weighted by Gasteiger charge is 2.16. The summed E-state index contributed by atoms with van der Waals surface area (Å²) in [5, 5.41) is 11.6. The van der Waals surface area contributed by atoms with Gasteiger partial charge in [0.2, 0.25) is 0 Å². The predicted octanol–water partition coefficient (Wildman–Crippen LogP) is 2.29. The second-order valence-corrected chi connectivity index (χ2v) is 3.32. The molecule has 0 aliphatic rings. The van der Waals surface area contributed by atoms with Gasteiger partial charge in [-0.05, 0) is 12.1 Å². The summed E-state index contributed by atoms with van der Waals surface area (Å²) in [6.07, 6.45) is 1.66. The molecule has 5 heteroatoms. The van der Waals surface area contributed by atoms with Gasteiger partial charge in [-0.3, -0.25) is 15.1 Å². The van der Waals surface area contributed by atoms with Crippen LogP contribution in [-0.2, 0) is 11.3 Å². The Hall–Kier alpha value is -2.01. The smallest absolute Gasteiger partial charge is 0.275 e. The number of methoxy groups -OCH3 is 1. The summed E-state index contributed by atoms with van der Waals surface area (Å²) in [6, 6.07) is 6.67. The van der Waals surface area contributed by atoms with Gasteiger partial charge in [-0.15, -0.1) is 0 Å². The molecular weight excluding hydrogens is 208 g/mol. The maximum atomic E-state index is 10.9. The molecule has 16 heavy (non-hydrogen) atoms. The van der Waals surface area contributed by atoms with Crippen LogP contribution in [0, 0.1) is 10.1 Å². The van der Waals surface area contributed by atoms with Crippen molar-refractivity contribution in [3.05, 3.63) is 46.1 Å². The monoisotopic (exact) mass is 218 g/mol. The van der Waals surface area contributed by atoms with Crippen LogP contribution in [0.2, 0.25) is 0 Å². The van der Waals surface area contributed by atoms with E-state index in [-0.39, 0.29) is 12.3 Å². The minimum absolute atomic E-state index is 0.0716. The van der Waals surface area contributed by atoms with Gasteiger partial charge in [0, 0.05) is 24.8 Å². The lowest BCUT2D eigenvalue weighted by Gasteiger charge is -2.05. The molecule has 0 aliphatic carbocycles. The molecular formula is C11H10N2O3. The highest BCUT2D eigenvalue weighted by molar-refractivity contribution is 5.85. The van der Waals surface area contributed by atoms with Gasteiger partial charge >= 0.3 is 0 Å². The van der Waals surface area contributed by atoms with Crippen molar-refractivity contribution in [3.63, 3.8) is 0 Å². The molecule has 0 N–H and O–H groups in total. The zero-order valence-electron chi connectivity index (χ0n) is 8.71. The number of nitrogens with zero attached hydrogens (tertiary/aromatic N) is 2. The standard InChI is InChI=1S/C11H10N2O3/c1-16-7-9-8-3-2-6-12-10(8)4-5-11(9)13(14)15/h2-6H,7H2,1H3. The SMILES string of the molecule is COCc1c([N+](=O)[O-])ccc2ncccc12. The molecule has 1 heterocycles. The summed E-state index contributed by atoms with van der Waals surface area (Å²) in [7, 11) is 1.51. The van der Waals surface area contributed by atoms with Gasteiger partial charge in [-0.2, -0.15) is 0 Å². The third-order valence-corrected chi connectivity index (χ3v) is 2.36. The van der Waals surface area contributed by atoms with Crippen LogP contribution in [0.25, 0.3) is 10.9 Å². The Balaban J connectivity index is 2.73. The van der Waals surface area contributed by atoms with Crippen molar-refractivity contribution >= 4 is 16.6 Å². The number of nitro benzene ring substituents is 1. The first kappa shape index (κ1) is 10.5. The Morgan fingerprint density at radius 1 is 1.44 bits per heavy atom. The third-order valence-electron chi connectivity index (χ3n) is 2.36. The van der Waals surface area contributed by atoms with Gasteiger partial charge in [0.15, 0.2) is 0 Å². The second-order valence-electron chi connectivity index (χ2n) is 3.32. The Kier molecular flexibility index (Phi) is 2.78. The summed E-state index contributed by atoms with van der Waals surface area (Å²) in [6.45, 7) is 0.208. The summed E-state index contributed by atoms with van der Waals surface area (Å²) in [4.78, 5) is 14.6. The Morgan fingerprint density at radius 2 is 2.25 bits per heavy atom. The molecule has 2 aromatic rings. The van der Waals surface area contributed by atoms with Crippen molar-refractivity contribution in [1.29, 1.82) is 0 Å². The average molecular weight is 218 g/mol. The maximum Gasteiger partial charge on any atom is 0.275 e. The van der Waals surface area contributed by atoms with E-state index >= 15 is 0 Å². The molecule has 0 saturated carbocycles. The average Bonchev–Trinajstić information content (AvgIpc) is 2.29. The van der Waals surface area contributed by atoms with Gasteiger partial charge in [-0.25, -0.2) is 0 Å². The third kappa shape index (κ3) is 1.72. The lowest BCUT2D eigenvalue weighted by molar-refractivity contribution is -0.385. The van der Waals surface area contributed by atoms with E-state index in [9.17, 15) is 10.1 Å². The van der Waals surface area contributed by atoms with Crippen molar-refractivity contribution in [1.82, 2.24) is 4.98 Å². The van der Waals surface area contributed by atoms with E-state index in [1.54, 1.807) is 18.3 Å². The Labute approximate surface area is 91.8 Å². The second kappa shape index (κ2) is 4.24. The summed E-state index contributed by atoms with van der Waals surface area (Å²) >= 11 is 0. The molecule has 0 atom stereocenters. The van der Waals surface area contributed by atoms with Crippen LogP contribution in [0.4, 0.5) is 5.69 Å². The largest absolute Gasteiger partial charge is 0.380 e. The fourth-order valence-corrected chi connectivity index (χ4v) is 1.67. The highest BCUT2D eigenvalue weighted by Crippen LogP contribution is 2.27. The molecule has 2 rings (SSSR count). The van der Waals surface area contributed by atoms with Crippen molar-refractivity contribution in [2.24, 2.45) is 0 Å². The van der Waals surface area contributed by atoms with Crippen LogP contribution in [0.3, 0.4) is 0 Å². The van der Waals surface area contributed by atoms with Gasteiger partial charge in [0.25, 0.3) is 5.69 Å². The predicted molar refractivity (Wildman–Crippen MR) is 59.1 cm³/mol. The fourth-order valence-electron chi connectivity index (χ4n) is 1.67. The first-order valence-electron chi connectivity index (χ1n) is 4.74. The van der Waals surface area contributed by atoms with E-state index < -0.39 is 4.92 Å². The number of fused-ring (bicyclic) bond motifs is 1. The topological polar surface area (TPSA) is 65.3 Å². The molecule has 0 fully saturated rings. The fraction of sp³-hybridized carbons (Fsp3) is 0.182. The number of benzene rings is 1. The Morgan fingerprint density at radius 3 is 2.94 bits per heavy atom. The number of hydrogen-bond donors (Lipinski definition) is 0. The first-order valence-corrected chi connectivity index (χ1v) is 4.74. The van der Waals surface area contributed by atoms with Gasteiger partial charge in [0.1, 0.15) is 0 Å². The van der Waals surface area contributed by atoms with Crippen molar-refractivity contribution < 1.29 is 9.66 Å². The number of pyridine rings is 1. The minimum atomic E-state index is -0.402. The maximum absolute atomic E-state index is 10.9. The van der Waals surface area contributed by atoms with E-state index in [0.717, 1.165) is 10.9 Å². The van der Waals surface area contributed by atoms with Crippen LogP contribution in [0.15, 0.2) is 30.5 Å². The molecule has 0 unspecified atom stereocenters. The van der Waals surface area contributed by atoms with E-state index in [1.807, 2.05) is 6.07 Å². The lowest BCUT2D eigenvalue weighted by atomic mass is 10.1. The number of nitro groups is 1. The molecule has 0 spiro atoms. The van der Waals surface area contributed by atoms with Gasteiger partial charge < -0.3 is 4.74 Å². The Bertz CT molecular complexity index is 540. The molecule has 82 valence electrons. The number of ether oxygens (including phenoxy) is 1. The summed E-state index contributed by atoms with van der Waals surface area (Å²) in [5.41, 5.74) is 1.38. The minimum Gasteiger partial charge on any atom is -0.380 e. The van der Waals surface area contributed by atoms with Gasteiger partial charge in [0.05, 0.1) is 22.6 Å². The van der Waals surface area contributed by atoms with Crippen LogP contribution in [0.1, 0.15) is 5.56 Å². The zero-order chi connectivity index (χ0) is 11.5. The normalized spacial score (nSPS) is 10.6. The molecule has 1 aromatic heterocycles. The first-order chi connectivity index (χ1) is 7.74. The zero-order valence-corrected chi connectivity index (χ0v) is 8.71. The number of hydrogen-bond acceptors (Lipinski definition) is 4. The van der Waals surface area contributed by atoms with Crippen molar-refractivity contribution in [2.75, 3.05) is 7.11 Å². The molecule has 0 saturated heterocycles.